The van der Waals surface area contributed by atoms with E-state index in [0.717, 1.165) is 50.7 Å². The number of rotatable bonds is 9. The zero-order valence-corrected chi connectivity index (χ0v) is 21.6. The van der Waals surface area contributed by atoms with E-state index in [9.17, 15) is 0 Å². The molecule has 0 spiro atoms. The maximum absolute atomic E-state index is 5.97. The molecule has 0 aliphatic carbocycles. The lowest BCUT2D eigenvalue weighted by atomic mass is 10.1. The van der Waals surface area contributed by atoms with Gasteiger partial charge >= 0.3 is 0 Å². The summed E-state index contributed by atoms with van der Waals surface area (Å²) in [5.74, 6) is 1.52. The molecular formula is C26H34IN5O. The van der Waals surface area contributed by atoms with Crippen molar-refractivity contribution in [2.45, 2.75) is 33.0 Å². The van der Waals surface area contributed by atoms with Gasteiger partial charge in [-0.1, -0.05) is 60.7 Å². The van der Waals surface area contributed by atoms with Crippen molar-refractivity contribution in [1.29, 1.82) is 0 Å². The molecular weight excluding hydrogens is 525 g/mol. The summed E-state index contributed by atoms with van der Waals surface area (Å²) < 4.78 is 7.95. The number of aromatic nitrogens is 2. The van der Waals surface area contributed by atoms with E-state index in [1.165, 1.54) is 11.1 Å². The molecule has 1 aliphatic heterocycles. The van der Waals surface area contributed by atoms with Gasteiger partial charge in [-0.2, -0.15) is 5.10 Å². The van der Waals surface area contributed by atoms with Crippen molar-refractivity contribution in [3.63, 3.8) is 0 Å². The van der Waals surface area contributed by atoms with Gasteiger partial charge in [0.15, 0.2) is 5.96 Å². The third kappa shape index (κ3) is 7.85. The minimum atomic E-state index is 0. The third-order valence-electron chi connectivity index (χ3n) is 5.67. The second-order valence-corrected chi connectivity index (χ2v) is 8.30. The molecule has 1 fully saturated rings. The summed E-state index contributed by atoms with van der Waals surface area (Å²) in [6.07, 6.45) is 5.14. The molecule has 1 aromatic heterocycles. The van der Waals surface area contributed by atoms with Gasteiger partial charge in [0.05, 0.1) is 32.5 Å². The van der Waals surface area contributed by atoms with Crippen LogP contribution in [0.15, 0.2) is 78.0 Å². The van der Waals surface area contributed by atoms with Gasteiger partial charge < -0.3 is 15.0 Å². The third-order valence-corrected chi connectivity index (χ3v) is 5.67. The fourth-order valence-corrected chi connectivity index (χ4v) is 4.02. The summed E-state index contributed by atoms with van der Waals surface area (Å²) in [5.41, 5.74) is 3.60. The van der Waals surface area contributed by atoms with Gasteiger partial charge in [-0.25, -0.2) is 4.99 Å². The second-order valence-electron chi connectivity index (χ2n) is 8.30. The Labute approximate surface area is 214 Å². The molecule has 1 saturated heterocycles. The van der Waals surface area contributed by atoms with Crippen molar-refractivity contribution < 1.29 is 4.74 Å². The molecule has 4 rings (SSSR count). The number of hydrogen-bond donors (Lipinski definition) is 1. The lowest BCUT2D eigenvalue weighted by Crippen LogP contribution is -2.40. The molecule has 33 heavy (non-hydrogen) atoms. The lowest BCUT2D eigenvalue weighted by molar-refractivity contribution is 0.0906. The van der Waals surface area contributed by atoms with E-state index in [1.807, 2.05) is 23.0 Å². The molecule has 0 bridgehead atoms. The lowest BCUT2D eigenvalue weighted by Gasteiger charge is -2.21. The van der Waals surface area contributed by atoms with Crippen LogP contribution in [0.5, 0.6) is 0 Å². The van der Waals surface area contributed by atoms with Crippen LogP contribution in [0.4, 0.5) is 0 Å². The molecule has 0 radical (unpaired) electrons. The monoisotopic (exact) mass is 559 g/mol. The molecule has 0 saturated carbocycles. The predicted molar refractivity (Wildman–Crippen MR) is 144 cm³/mol. The van der Waals surface area contributed by atoms with Gasteiger partial charge in [0, 0.05) is 37.3 Å². The molecule has 7 heteroatoms. The number of aliphatic imine (C=N–C) groups is 1. The number of halogens is 1. The Balaban J connectivity index is 0.00000306. The van der Waals surface area contributed by atoms with E-state index in [4.69, 9.17) is 9.73 Å². The number of hydrogen-bond acceptors (Lipinski definition) is 3. The molecule has 1 atom stereocenters. The summed E-state index contributed by atoms with van der Waals surface area (Å²) in [7, 11) is 0. The fourth-order valence-electron chi connectivity index (χ4n) is 4.02. The Morgan fingerprint density at radius 2 is 1.79 bits per heavy atom. The van der Waals surface area contributed by atoms with Crippen molar-refractivity contribution in [2.24, 2.45) is 10.9 Å². The van der Waals surface area contributed by atoms with E-state index in [2.05, 4.69) is 77.0 Å². The Hall–Kier alpha value is -2.39. The first-order valence-electron chi connectivity index (χ1n) is 11.5. The smallest absolute Gasteiger partial charge is 0.194 e. The number of benzene rings is 2. The van der Waals surface area contributed by atoms with Crippen molar-refractivity contribution >= 4 is 29.9 Å². The highest BCUT2D eigenvalue weighted by atomic mass is 127. The van der Waals surface area contributed by atoms with Crippen LogP contribution >= 0.6 is 24.0 Å². The maximum atomic E-state index is 5.97. The first kappa shape index (κ1) is 25.2. The normalized spacial score (nSPS) is 16.0. The van der Waals surface area contributed by atoms with Gasteiger partial charge in [-0.15, -0.1) is 24.0 Å². The van der Waals surface area contributed by atoms with Crippen LogP contribution in [0.3, 0.4) is 0 Å². The summed E-state index contributed by atoms with van der Waals surface area (Å²) >= 11 is 0. The first-order chi connectivity index (χ1) is 15.8. The van der Waals surface area contributed by atoms with Crippen molar-refractivity contribution in [1.82, 2.24) is 20.0 Å². The van der Waals surface area contributed by atoms with Crippen LogP contribution in [0.25, 0.3) is 0 Å². The first-order valence-corrected chi connectivity index (χ1v) is 11.5. The van der Waals surface area contributed by atoms with Crippen LogP contribution in [-0.4, -0.2) is 46.9 Å². The summed E-state index contributed by atoms with van der Waals surface area (Å²) in [6, 6.07) is 20.8. The Morgan fingerprint density at radius 1 is 1.06 bits per heavy atom. The Kier molecular flexibility index (Phi) is 10.2. The number of nitrogens with zero attached hydrogens (tertiary/aromatic N) is 4. The molecule has 6 nitrogen and oxygen atoms in total. The maximum Gasteiger partial charge on any atom is 0.194 e. The van der Waals surface area contributed by atoms with Gasteiger partial charge in [0.2, 0.25) is 0 Å². The zero-order chi connectivity index (χ0) is 22.0. The van der Waals surface area contributed by atoms with Gasteiger partial charge in [0.1, 0.15) is 0 Å². The average molecular weight is 559 g/mol. The largest absolute Gasteiger partial charge is 0.376 e. The van der Waals surface area contributed by atoms with Gasteiger partial charge in [0.25, 0.3) is 0 Å². The van der Waals surface area contributed by atoms with Crippen LogP contribution in [-0.2, 0) is 24.4 Å². The summed E-state index contributed by atoms with van der Waals surface area (Å²) in [4.78, 5) is 7.24. The second kappa shape index (κ2) is 13.3. The van der Waals surface area contributed by atoms with Gasteiger partial charge in [-0.3, -0.25) is 4.68 Å². The molecule has 3 aromatic rings. The fraction of sp³-hybridized carbons (Fsp3) is 0.385. The van der Waals surface area contributed by atoms with E-state index >= 15 is 0 Å². The highest BCUT2D eigenvalue weighted by Crippen LogP contribution is 2.18. The quantitative estimate of drug-likeness (QED) is 0.238. The molecule has 2 heterocycles. The number of likely N-dealkylation sites (tertiary alicyclic amines) is 1. The molecule has 1 unspecified atom stereocenters. The zero-order valence-electron chi connectivity index (χ0n) is 19.3. The van der Waals surface area contributed by atoms with Gasteiger partial charge in [-0.05, 0) is 24.5 Å². The molecule has 2 aromatic carbocycles. The molecule has 1 aliphatic rings. The molecule has 1 N–H and O–H groups in total. The van der Waals surface area contributed by atoms with E-state index in [0.29, 0.717) is 19.1 Å². The summed E-state index contributed by atoms with van der Waals surface area (Å²) in [5, 5.41) is 7.95. The highest BCUT2D eigenvalue weighted by molar-refractivity contribution is 14.0. The molecule has 176 valence electrons. The Morgan fingerprint density at radius 3 is 2.52 bits per heavy atom. The number of nitrogens with one attached hydrogen (secondary N) is 1. The van der Waals surface area contributed by atoms with E-state index in [-0.39, 0.29) is 24.0 Å². The average Bonchev–Trinajstić information content (AvgIpc) is 3.48. The topological polar surface area (TPSA) is 54.7 Å². The minimum Gasteiger partial charge on any atom is -0.376 e. The van der Waals surface area contributed by atoms with Crippen LogP contribution in [0.1, 0.15) is 30.0 Å². The SMILES string of the molecule is CCNC(=NCc1cnn(Cc2ccccc2)c1)N1CCC(COCc2ccccc2)C1.I. The number of guanidine groups is 1. The Bertz CT molecular complexity index is 977. The van der Waals surface area contributed by atoms with Crippen molar-refractivity contribution in [3.8, 4) is 0 Å². The number of ether oxygens (including phenoxy) is 1. The predicted octanol–water partition coefficient (Wildman–Crippen LogP) is 4.55. The van der Waals surface area contributed by atoms with Crippen LogP contribution in [0.2, 0.25) is 0 Å². The van der Waals surface area contributed by atoms with E-state index in [1.54, 1.807) is 0 Å². The standard InChI is InChI=1S/C26H33N5O.HI/c1-2-27-26(28-15-25-16-29-31(19-25)18-22-9-5-3-6-10-22)30-14-13-24(17-30)21-32-20-23-11-7-4-8-12-23;/h3-12,16,19,24H,2,13-15,17-18,20-21H2,1H3,(H,27,28);1H. The van der Waals surface area contributed by atoms with Crippen LogP contribution in [0, 0.1) is 5.92 Å². The minimum absolute atomic E-state index is 0. The van der Waals surface area contributed by atoms with Crippen LogP contribution < -0.4 is 5.32 Å². The van der Waals surface area contributed by atoms with Crippen molar-refractivity contribution in [3.05, 3.63) is 89.7 Å². The van der Waals surface area contributed by atoms with Crippen molar-refractivity contribution in [2.75, 3.05) is 26.2 Å². The van der Waals surface area contributed by atoms with E-state index < -0.39 is 0 Å². The summed E-state index contributed by atoms with van der Waals surface area (Å²) in [6.45, 7) is 7.84. The molecule has 0 amide bonds. The highest BCUT2D eigenvalue weighted by Gasteiger charge is 2.25.